The molecule has 0 amide bonds. The second-order valence-corrected chi connectivity index (χ2v) is 4.93. The summed E-state index contributed by atoms with van der Waals surface area (Å²) in [5, 5.41) is 8.82. The quantitative estimate of drug-likeness (QED) is 0.891. The number of hydrogen-bond acceptors (Lipinski definition) is 4. The fourth-order valence-electron chi connectivity index (χ4n) is 2.21. The van der Waals surface area contributed by atoms with Crippen molar-refractivity contribution in [1.82, 2.24) is 4.90 Å². The van der Waals surface area contributed by atoms with Crippen LogP contribution in [0.1, 0.15) is 18.1 Å². The van der Waals surface area contributed by atoms with Crippen LogP contribution < -0.4 is 5.73 Å². The van der Waals surface area contributed by atoms with Gasteiger partial charge in [-0.25, -0.2) is 4.39 Å². The van der Waals surface area contributed by atoms with Crippen molar-refractivity contribution in [2.45, 2.75) is 25.6 Å². The van der Waals surface area contributed by atoms with Crippen LogP contribution >= 0.6 is 0 Å². The van der Waals surface area contributed by atoms with Gasteiger partial charge in [0.15, 0.2) is 0 Å². The zero-order valence-electron chi connectivity index (χ0n) is 11.0. The molecule has 0 saturated carbocycles. The van der Waals surface area contributed by atoms with Gasteiger partial charge in [0.1, 0.15) is 11.9 Å². The molecular formula is C14H18FN3O. The van der Waals surface area contributed by atoms with Crippen LogP contribution in [-0.2, 0) is 11.3 Å². The molecule has 102 valence electrons. The van der Waals surface area contributed by atoms with Gasteiger partial charge in [0.2, 0.25) is 0 Å². The van der Waals surface area contributed by atoms with Crippen LogP contribution in [0.25, 0.3) is 0 Å². The molecule has 2 atom stereocenters. The Morgan fingerprint density at radius 1 is 1.63 bits per heavy atom. The molecule has 5 heteroatoms. The lowest BCUT2D eigenvalue weighted by Crippen LogP contribution is -2.49. The molecule has 1 aromatic carbocycles. The highest BCUT2D eigenvalue weighted by atomic mass is 19.1. The minimum atomic E-state index is -0.471. The third-order valence-corrected chi connectivity index (χ3v) is 3.32. The first kappa shape index (κ1) is 13.9. The third kappa shape index (κ3) is 3.51. The molecule has 4 nitrogen and oxygen atoms in total. The summed E-state index contributed by atoms with van der Waals surface area (Å²) in [6.45, 7) is 4.85. The van der Waals surface area contributed by atoms with Gasteiger partial charge in [-0.05, 0) is 24.6 Å². The molecule has 0 aliphatic carbocycles. The average Bonchev–Trinajstić information content (AvgIpc) is 2.41. The number of hydrogen-bond donors (Lipinski definition) is 1. The van der Waals surface area contributed by atoms with E-state index in [1.165, 1.54) is 6.07 Å². The summed E-state index contributed by atoms with van der Waals surface area (Å²) in [5.74, 6) is -0.471. The van der Waals surface area contributed by atoms with Crippen LogP contribution in [0.4, 0.5) is 4.39 Å². The average molecular weight is 263 g/mol. The Morgan fingerprint density at radius 3 is 3.11 bits per heavy atom. The van der Waals surface area contributed by atoms with Crippen molar-refractivity contribution in [1.29, 1.82) is 5.26 Å². The molecule has 1 heterocycles. The standard InChI is InChI=1S/C14H18FN3O/c1-10(17)14-9-18(4-5-19-14)8-11-2-3-13(15)12(6-11)7-16/h2-3,6,10,14H,4-5,8-9,17H2,1H3. The van der Waals surface area contributed by atoms with Gasteiger partial charge in [0.25, 0.3) is 0 Å². The Balaban J connectivity index is 2.03. The highest BCUT2D eigenvalue weighted by Gasteiger charge is 2.23. The molecule has 1 fully saturated rings. The van der Waals surface area contributed by atoms with Crippen LogP contribution in [0.2, 0.25) is 0 Å². The zero-order chi connectivity index (χ0) is 13.8. The van der Waals surface area contributed by atoms with Gasteiger partial charge in [-0.15, -0.1) is 0 Å². The van der Waals surface area contributed by atoms with Gasteiger partial charge < -0.3 is 10.5 Å². The first-order chi connectivity index (χ1) is 9.10. The van der Waals surface area contributed by atoms with Crippen molar-refractivity contribution in [3.05, 3.63) is 35.1 Å². The summed E-state index contributed by atoms with van der Waals surface area (Å²) in [5.41, 5.74) is 6.87. The highest BCUT2D eigenvalue weighted by Crippen LogP contribution is 2.15. The molecule has 2 rings (SSSR count). The first-order valence-corrected chi connectivity index (χ1v) is 6.38. The smallest absolute Gasteiger partial charge is 0.140 e. The second kappa shape index (κ2) is 6.11. The Hall–Kier alpha value is -1.48. The Kier molecular flexibility index (Phi) is 4.48. The lowest BCUT2D eigenvalue weighted by molar-refractivity contribution is -0.0403. The van der Waals surface area contributed by atoms with E-state index in [1.807, 2.05) is 13.0 Å². The molecule has 19 heavy (non-hydrogen) atoms. The normalized spacial score (nSPS) is 21.9. The fraction of sp³-hybridized carbons (Fsp3) is 0.500. The highest BCUT2D eigenvalue weighted by molar-refractivity contribution is 5.34. The van der Waals surface area contributed by atoms with E-state index in [1.54, 1.807) is 12.1 Å². The molecule has 2 unspecified atom stereocenters. The van der Waals surface area contributed by atoms with E-state index < -0.39 is 5.82 Å². The van der Waals surface area contributed by atoms with E-state index in [0.29, 0.717) is 13.2 Å². The van der Waals surface area contributed by atoms with Gasteiger partial charge in [-0.3, -0.25) is 4.90 Å². The molecule has 1 aliphatic heterocycles. The summed E-state index contributed by atoms with van der Waals surface area (Å²) in [6.07, 6.45) is 0.0321. The first-order valence-electron chi connectivity index (χ1n) is 6.38. The van der Waals surface area contributed by atoms with Crippen LogP contribution in [-0.4, -0.2) is 36.7 Å². The van der Waals surface area contributed by atoms with E-state index >= 15 is 0 Å². The van der Waals surface area contributed by atoms with Gasteiger partial charge in [0.05, 0.1) is 18.3 Å². The number of nitrogens with zero attached hydrogens (tertiary/aromatic N) is 2. The monoisotopic (exact) mass is 263 g/mol. The molecule has 2 N–H and O–H groups in total. The maximum Gasteiger partial charge on any atom is 0.140 e. The van der Waals surface area contributed by atoms with Crippen LogP contribution in [0.15, 0.2) is 18.2 Å². The predicted octanol–water partition coefficient (Wildman–Crippen LogP) is 1.25. The molecule has 0 radical (unpaired) electrons. The Labute approximate surface area is 112 Å². The number of morpholine rings is 1. The van der Waals surface area contributed by atoms with Gasteiger partial charge >= 0.3 is 0 Å². The largest absolute Gasteiger partial charge is 0.374 e. The summed E-state index contributed by atoms with van der Waals surface area (Å²) >= 11 is 0. The maximum absolute atomic E-state index is 13.2. The molecule has 0 aromatic heterocycles. The van der Waals surface area contributed by atoms with Crippen molar-refractivity contribution in [3.8, 4) is 6.07 Å². The number of benzene rings is 1. The maximum atomic E-state index is 13.2. The third-order valence-electron chi connectivity index (χ3n) is 3.32. The van der Waals surface area contributed by atoms with Gasteiger partial charge in [-0.1, -0.05) is 6.07 Å². The molecule has 0 bridgehead atoms. The number of ether oxygens (including phenoxy) is 1. The van der Waals surface area contributed by atoms with Crippen LogP contribution in [0.5, 0.6) is 0 Å². The van der Waals surface area contributed by atoms with Crippen molar-refractivity contribution >= 4 is 0 Å². The van der Waals surface area contributed by atoms with Gasteiger partial charge in [0, 0.05) is 25.7 Å². The molecule has 1 aromatic rings. The summed E-state index contributed by atoms with van der Waals surface area (Å²) in [6, 6.07) is 6.52. The zero-order valence-corrected chi connectivity index (χ0v) is 11.0. The number of nitriles is 1. The van der Waals surface area contributed by atoms with Gasteiger partial charge in [-0.2, -0.15) is 5.26 Å². The molecule has 1 aliphatic rings. The molecule has 0 spiro atoms. The van der Waals surface area contributed by atoms with Crippen molar-refractivity contribution in [2.75, 3.05) is 19.7 Å². The van der Waals surface area contributed by atoms with Crippen molar-refractivity contribution in [3.63, 3.8) is 0 Å². The Bertz CT molecular complexity index is 484. The molecule has 1 saturated heterocycles. The van der Waals surface area contributed by atoms with E-state index in [9.17, 15) is 4.39 Å². The lowest BCUT2D eigenvalue weighted by atomic mass is 10.1. The topological polar surface area (TPSA) is 62.3 Å². The van der Waals surface area contributed by atoms with E-state index in [2.05, 4.69) is 4.90 Å². The lowest BCUT2D eigenvalue weighted by Gasteiger charge is -2.34. The predicted molar refractivity (Wildman–Crippen MR) is 69.8 cm³/mol. The van der Waals surface area contributed by atoms with E-state index in [4.69, 9.17) is 15.7 Å². The van der Waals surface area contributed by atoms with E-state index in [-0.39, 0.29) is 17.7 Å². The summed E-state index contributed by atoms with van der Waals surface area (Å²) in [4.78, 5) is 2.21. The minimum absolute atomic E-state index is 0.00862. The molecular weight excluding hydrogens is 245 g/mol. The minimum Gasteiger partial charge on any atom is -0.374 e. The van der Waals surface area contributed by atoms with Crippen LogP contribution in [0, 0.1) is 17.1 Å². The summed E-state index contributed by atoms with van der Waals surface area (Å²) < 4.78 is 18.8. The number of halogens is 1. The number of nitrogens with two attached hydrogens (primary N) is 1. The number of rotatable bonds is 3. The van der Waals surface area contributed by atoms with Crippen LogP contribution in [0.3, 0.4) is 0 Å². The Morgan fingerprint density at radius 2 is 2.42 bits per heavy atom. The fourth-order valence-corrected chi connectivity index (χ4v) is 2.21. The van der Waals surface area contributed by atoms with E-state index in [0.717, 1.165) is 18.7 Å². The van der Waals surface area contributed by atoms with Crippen molar-refractivity contribution < 1.29 is 9.13 Å². The second-order valence-electron chi connectivity index (χ2n) is 4.93. The van der Waals surface area contributed by atoms with Crippen molar-refractivity contribution in [2.24, 2.45) is 5.73 Å². The summed E-state index contributed by atoms with van der Waals surface area (Å²) in [7, 11) is 0. The SMILES string of the molecule is CC(N)C1CN(Cc2ccc(F)c(C#N)c2)CCO1.